The van der Waals surface area contributed by atoms with Gasteiger partial charge in [0.1, 0.15) is 4.83 Å². The van der Waals surface area contributed by atoms with Crippen molar-refractivity contribution < 1.29 is 4.79 Å². The van der Waals surface area contributed by atoms with Crippen LogP contribution in [0.5, 0.6) is 0 Å². The molecule has 1 amide bonds. The Morgan fingerprint density at radius 3 is 2.92 bits per heavy atom. The van der Waals surface area contributed by atoms with Gasteiger partial charge in [-0.2, -0.15) is 0 Å². The number of rotatable bonds is 5. The molecule has 3 aromatic rings. The monoisotopic (exact) mass is 341 g/mol. The minimum atomic E-state index is -0.0940. The van der Waals surface area contributed by atoms with Crippen molar-refractivity contribution in [2.24, 2.45) is 0 Å². The Morgan fingerprint density at radius 1 is 1.29 bits per heavy atom. The number of nitrogens with one attached hydrogen (secondary N) is 1. The molecule has 5 nitrogen and oxygen atoms in total. The SMILES string of the molecule is Cc1ccc(CNC(=O)CCn2cnc3sccc3c2=O)c(C)c1. The highest BCUT2D eigenvalue weighted by Gasteiger charge is 2.08. The Balaban J connectivity index is 1.58. The third kappa shape index (κ3) is 3.54. The molecule has 0 spiro atoms. The van der Waals surface area contributed by atoms with Crippen molar-refractivity contribution in [1.29, 1.82) is 0 Å². The van der Waals surface area contributed by atoms with Gasteiger partial charge in [0.15, 0.2) is 0 Å². The number of thiophene rings is 1. The van der Waals surface area contributed by atoms with Gasteiger partial charge >= 0.3 is 0 Å². The highest BCUT2D eigenvalue weighted by molar-refractivity contribution is 7.16. The molecular formula is C18H19N3O2S. The van der Waals surface area contributed by atoms with Crippen LogP contribution in [-0.4, -0.2) is 15.5 Å². The van der Waals surface area contributed by atoms with E-state index in [4.69, 9.17) is 0 Å². The number of carbonyl (C=O) groups is 1. The second-order valence-electron chi connectivity index (χ2n) is 5.84. The third-order valence-corrected chi connectivity index (χ3v) is 4.83. The molecule has 0 unspecified atom stereocenters. The molecule has 0 atom stereocenters. The summed E-state index contributed by atoms with van der Waals surface area (Å²) in [5.41, 5.74) is 3.38. The fourth-order valence-electron chi connectivity index (χ4n) is 2.60. The molecule has 3 rings (SSSR count). The summed E-state index contributed by atoms with van der Waals surface area (Å²) >= 11 is 1.44. The number of hydrogen-bond acceptors (Lipinski definition) is 4. The largest absolute Gasteiger partial charge is 0.352 e. The molecule has 0 aliphatic rings. The van der Waals surface area contributed by atoms with Gasteiger partial charge in [-0.1, -0.05) is 23.8 Å². The van der Waals surface area contributed by atoms with Crippen LogP contribution in [-0.2, 0) is 17.9 Å². The number of benzene rings is 1. The first-order chi connectivity index (χ1) is 11.5. The van der Waals surface area contributed by atoms with Crippen molar-refractivity contribution in [2.75, 3.05) is 0 Å². The maximum Gasteiger partial charge on any atom is 0.262 e. The Morgan fingerprint density at radius 2 is 2.12 bits per heavy atom. The van der Waals surface area contributed by atoms with Gasteiger partial charge in [-0.15, -0.1) is 11.3 Å². The van der Waals surface area contributed by atoms with Gasteiger partial charge in [0, 0.05) is 19.5 Å². The van der Waals surface area contributed by atoms with E-state index in [1.54, 1.807) is 6.07 Å². The van der Waals surface area contributed by atoms with Crippen LogP contribution in [0.3, 0.4) is 0 Å². The van der Waals surface area contributed by atoms with E-state index in [0.29, 0.717) is 18.5 Å². The molecule has 0 aliphatic heterocycles. The molecule has 0 fully saturated rings. The van der Waals surface area contributed by atoms with Gasteiger partial charge in [-0.3, -0.25) is 14.2 Å². The Bertz CT molecular complexity index is 943. The average molecular weight is 341 g/mol. The van der Waals surface area contributed by atoms with Gasteiger partial charge in [-0.05, 0) is 36.4 Å². The Kier molecular flexibility index (Phi) is 4.76. The van der Waals surface area contributed by atoms with Crippen molar-refractivity contribution in [3.05, 3.63) is 63.0 Å². The maximum atomic E-state index is 12.3. The predicted molar refractivity (Wildman–Crippen MR) is 96.3 cm³/mol. The maximum absolute atomic E-state index is 12.3. The van der Waals surface area contributed by atoms with Crippen LogP contribution >= 0.6 is 11.3 Å². The summed E-state index contributed by atoms with van der Waals surface area (Å²) in [6.45, 7) is 4.92. The summed E-state index contributed by atoms with van der Waals surface area (Å²) in [6, 6.07) is 7.94. The van der Waals surface area contributed by atoms with E-state index in [2.05, 4.69) is 16.4 Å². The lowest BCUT2D eigenvalue weighted by Gasteiger charge is -2.09. The first-order valence-electron chi connectivity index (χ1n) is 7.80. The third-order valence-electron chi connectivity index (χ3n) is 4.00. The minimum absolute atomic E-state index is 0.0766. The summed E-state index contributed by atoms with van der Waals surface area (Å²) in [7, 11) is 0. The lowest BCUT2D eigenvalue weighted by Crippen LogP contribution is -2.27. The second-order valence-corrected chi connectivity index (χ2v) is 6.73. The number of carbonyl (C=O) groups excluding carboxylic acids is 1. The summed E-state index contributed by atoms with van der Waals surface area (Å²) in [6.07, 6.45) is 1.76. The van der Waals surface area contributed by atoms with Gasteiger partial charge in [0.2, 0.25) is 5.91 Å². The van der Waals surface area contributed by atoms with Gasteiger partial charge in [-0.25, -0.2) is 4.98 Å². The number of aromatic nitrogens is 2. The smallest absolute Gasteiger partial charge is 0.262 e. The number of amides is 1. The first-order valence-corrected chi connectivity index (χ1v) is 8.68. The summed E-state index contributed by atoms with van der Waals surface area (Å²) in [5.74, 6) is -0.0766. The highest BCUT2D eigenvalue weighted by atomic mass is 32.1. The van der Waals surface area contributed by atoms with E-state index in [-0.39, 0.29) is 17.9 Å². The van der Waals surface area contributed by atoms with Crippen LogP contribution in [0.4, 0.5) is 0 Å². The summed E-state index contributed by atoms with van der Waals surface area (Å²) < 4.78 is 1.49. The number of aryl methyl sites for hydroxylation is 3. The quantitative estimate of drug-likeness (QED) is 0.776. The fraction of sp³-hybridized carbons (Fsp3) is 0.278. The van der Waals surface area contributed by atoms with E-state index in [9.17, 15) is 9.59 Å². The lowest BCUT2D eigenvalue weighted by molar-refractivity contribution is -0.121. The molecule has 0 aliphatic carbocycles. The van der Waals surface area contributed by atoms with Gasteiger partial charge in [0.05, 0.1) is 11.7 Å². The molecule has 24 heavy (non-hydrogen) atoms. The van der Waals surface area contributed by atoms with Crippen LogP contribution in [0.15, 0.2) is 40.8 Å². The minimum Gasteiger partial charge on any atom is -0.352 e. The zero-order chi connectivity index (χ0) is 17.1. The molecule has 1 aromatic carbocycles. The molecule has 2 aromatic heterocycles. The number of hydrogen-bond donors (Lipinski definition) is 1. The summed E-state index contributed by atoms with van der Waals surface area (Å²) in [4.78, 5) is 29.3. The molecular weight excluding hydrogens is 322 g/mol. The van der Waals surface area contributed by atoms with Gasteiger partial charge < -0.3 is 5.32 Å². The van der Waals surface area contributed by atoms with Crippen LogP contribution in [0.1, 0.15) is 23.1 Å². The standard InChI is InChI=1S/C18H19N3O2S/c1-12-3-4-14(13(2)9-12)10-19-16(22)5-7-21-11-20-17-15(18(21)23)6-8-24-17/h3-4,6,8-9,11H,5,7,10H2,1-2H3,(H,19,22). The van der Waals surface area contributed by atoms with Crippen LogP contribution < -0.4 is 10.9 Å². The van der Waals surface area contributed by atoms with Crippen molar-refractivity contribution in [3.63, 3.8) is 0 Å². The fourth-order valence-corrected chi connectivity index (χ4v) is 3.32. The van der Waals surface area contributed by atoms with E-state index in [0.717, 1.165) is 10.4 Å². The number of fused-ring (bicyclic) bond motifs is 1. The predicted octanol–water partition coefficient (Wildman–Crippen LogP) is 2.78. The molecule has 2 heterocycles. The summed E-state index contributed by atoms with van der Waals surface area (Å²) in [5, 5.41) is 5.37. The molecule has 0 saturated carbocycles. The normalized spacial score (nSPS) is 10.9. The van der Waals surface area contributed by atoms with Crippen LogP contribution in [0.2, 0.25) is 0 Å². The lowest BCUT2D eigenvalue weighted by atomic mass is 10.1. The van der Waals surface area contributed by atoms with Crippen LogP contribution in [0, 0.1) is 13.8 Å². The average Bonchev–Trinajstić information content (AvgIpc) is 3.03. The molecule has 124 valence electrons. The highest BCUT2D eigenvalue weighted by Crippen LogP contribution is 2.13. The molecule has 6 heteroatoms. The van der Waals surface area contributed by atoms with Crippen LogP contribution in [0.25, 0.3) is 10.2 Å². The zero-order valence-electron chi connectivity index (χ0n) is 13.7. The molecule has 0 saturated heterocycles. The van der Waals surface area contributed by atoms with Crippen molar-refractivity contribution in [1.82, 2.24) is 14.9 Å². The Hall–Kier alpha value is -2.47. The first kappa shape index (κ1) is 16.4. The van der Waals surface area contributed by atoms with E-state index in [1.807, 2.05) is 31.4 Å². The topological polar surface area (TPSA) is 64.0 Å². The zero-order valence-corrected chi connectivity index (χ0v) is 14.5. The number of nitrogens with zero attached hydrogens (tertiary/aromatic N) is 2. The van der Waals surface area contributed by atoms with E-state index < -0.39 is 0 Å². The van der Waals surface area contributed by atoms with Crippen molar-refractivity contribution >= 4 is 27.5 Å². The molecule has 0 bridgehead atoms. The van der Waals surface area contributed by atoms with E-state index in [1.165, 1.54) is 33.4 Å². The van der Waals surface area contributed by atoms with Gasteiger partial charge in [0.25, 0.3) is 5.56 Å². The Labute approximate surface area is 144 Å². The second kappa shape index (κ2) is 6.97. The van der Waals surface area contributed by atoms with E-state index >= 15 is 0 Å². The van der Waals surface area contributed by atoms with Crippen molar-refractivity contribution in [2.45, 2.75) is 33.4 Å². The van der Waals surface area contributed by atoms with Crippen molar-refractivity contribution in [3.8, 4) is 0 Å². The molecule has 0 radical (unpaired) electrons. The molecule has 1 N–H and O–H groups in total.